The van der Waals surface area contributed by atoms with E-state index in [1.165, 1.54) is 18.6 Å². The zero-order valence-electron chi connectivity index (χ0n) is 9.79. The number of nitrogens with zero attached hydrogens (tertiary/aromatic N) is 1. The number of carbonyl (C=O) groups is 1. The van der Waals surface area contributed by atoms with Crippen LogP contribution in [-0.4, -0.2) is 30.4 Å². The molecule has 17 heavy (non-hydrogen) atoms. The molecule has 1 aromatic carbocycles. The summed E-state index contributed by atoms with van der Waals surface area (Å²) in [5.41, 5.74) is 0.520. The minimum Gasteiger partial charge on any atom is -0.325 e. The van der Waals surface area contributed by atoms with Gasteiger partial charge in [0, 0.05) is 5.69 Å². The molecule has 1 heterocycles. The summed E-state index contributed by atoms with van der Waals surface area (Å²) in [6.07, 6.45) is 3.57. The van der Waals surface area contributed by atoms with Crippen molar-refractivity contribution in [1.82, 2.24) is 4.90 Å². The van der Waals surface area contributed by atoms with Crippen LogP contribution in [0.4, 0.5) is 10.1 Å². The van der Waals surface area contributed by atoms with Crippen LogP contribution in [0.2, 0.25) is 0 Å². The van der Waals surface area contributed by atoms with Crippen LogP contribution in [0.3, 0.4) is 0 Å². The largest absolute Gasteiger partial charge is 0.325 e. The number of anilines is 1. The summed E-state index contributed by atoms with van der Waals surface area (Å²) < 4.78 is 12.9. The third-order valence-electron chi connectivity index (χ3n) is 2.92. The summed E-state index contributed by atoms with van der Waals surface area (Å²) in [6, 6.07) is 5.97. The predicted octanol–water partition coefficient (Wildman–Crippen LogP) is 2.25. The van der Waals surface area contributed by atoms with E-state index < -0.39 is 0 Å². The van der Waals surface area contributed by atoms with Gasteiger partial charge < -0.3 is 5.32 Å². The van der Waals surface area contributed by atoms with Gasteiger partial charge in [-0.3, -0.25) is 9.69 Å². The molecule has 0 atom stereocenters. The molecule has 0 spiro atoms. The first kappa shape index (κ1) is 12.0. The molecule has 0 bridgehead atoms. The highest BCUT2D eigenvalue weighted by atomic mass is 19.1. The zero-order chi connectivity index (χ0) is 12.1. The molecule has 0 aliphatic carbocycles. The van der Waals surface area contributed by atoms with E-state index in [0.29, 0.717) is 12.2 Å². The van der Waals surface area contributed by atoms with E-state index in [0.717, 1.165) is 25.9 Å². The quantitative estimate of drug-likeness (QED) is 0.873. The average Bonchev–Trinajstić information content (AvgIpc) is 2.30. The molecule has 1 fully saturated rings. The first-order valence-corrected chi connectivity index (χ1v) is 6.02. The van der Waals surface area contributed by atoms with Crippen molar-refractivity contribution < 1.29 is 9.18 Å². The van der Waals surface area contributed by atoms with Crippen LogP contribution in [0, 0.1) is 5.82 Å². The molecule has 0 radical (unpaired) electrons. The summed E-state index contributed by atoms with van der Waals surface area (Å²) in [5.74, 6) is -0.404. The molecule has 92 valence electrons. The second-order valence-corrected chi connectivity index (χ2v) is 4.40. The van der Waals surface area contributed by atoms with E-state index >= 15 is 0 Å². The van der Waals surface area contributed by atoms with Crippen LogP contribution in [-0.2, 0) is 4.79 Å². The predicted molar refractivity (Wildman–Crippen MR) is 65.3 cm³/mol. The maximum absolute atomic E-state index is 12.9. The topological polar surface area (TPSA) is 32.3 Å². The number of hydrogen-bond acceptors (Lipinski definition) is 2. The van der Waals surface area contributed by atoms with Crippen LogP contribution in [0.1, 0.15) is 19.3 Å². The standard InChI is InChI=1S/C13H17FN2O/c14-11-5-4-6-12(9-11)15-13(17)10-16-7-2-1-3-8-16/h4-6,9H,1-3,7-8,10H2,(H,15,17). The Balaban J connectivity index is 1.84. The lowest BCUT2D eigenvalue weighted by Gasteiger charge is -2.25. The van der Waals surface area contributed by atoms with E-state index in [-0.39, 0.29) is 11.7 Å². The van der Waals surface area contributed by atoms with Crippen molar-refractivity contribution in [3.05, 3.63) is 30.1 Å². The Kier molecular flexibility index (Phi) is 4.09. The van der Waals surface area contributed by atoms with Gasteiger partial charge in [-0.2, -0.15) is 0 Å². The molecule has 1 aliphatic rings. The van der Waals surface area contributed by atoms with Crippen molar-refractivity contribution in [3.63, 3.8) is 0 Å². The normalized spacial score (nSPS) is 16.8. The zero-order valence-corrected chi connectivity index (χ0v) is 9.79. The number of hydrogen-bond donors (Lipinski definition) is 1. The third kappa shape index (κ3) is 3.82. The van der Waals surface area contributed by atoms with Gasteiger partial charge in [0.05, 0.1) is 6.54 Å². The Morgan fingerprint density at radius 1 is 1.29 bits per heavy atom. The van der Waals surface area contributed by atoms with Crippen molar-refractivity contribution in [2.24, 2.45) is 0 Å². The van der Waals surface area contributed by atoms with Crippen LogP contribution >= 0.6 is 0 Å². The van der Waals surface area contributed by atoms with Crippen molar-refractivity contribution in [3.8, 4) is 0 Å². The molecule has 2 rings (SSSR count). The maximum atomic E-state index is 12.9. The van der Waals surface area contributed by atoms with Crippen molar-refractivity contribution in [2.45, 2.75) is 19.3 Å². The van der Waals surface area contributed by atoms with Crippen molar-refractivity contribution in [1.29, 1.82) is 0 Å². The Labute approximate surface area is 101 Å². The summed E-state index contributed by atoms with van der Waals surface area (Å²) in [7, 11) is 0. The maximum Gasteiger partial charge on any atom is 0.238 e. The minimum atomic E-state index is -0.333. The molecule has 1 aliphatic heterocycles. The summed E-state index contributed by atoms with van der Waals surface area (Å²) in [4.78, 5) is 13.9. The molecule has 3 nitrogen and oxygen atoms in total. The lowest BCUT2D eigenvalue weighted by atomic mass is 10.1. The summed E-state index contributed by atoms with van der Waals surface area (Å²) in [5, 5.41) is 2.71. The Bertz CT molecular complexity index is 389. The third-order valence-corrected chi connectivity index (χ3v) is 2.92. The number of likely N-dealkylation sites (tertiary alicyclic amines) is 1. The number of rotatable bonds is 3. The fourth-order valence-electron chi connectivity index (χ4n) is 2.09. The SMILES string of the molecule is O=C(CN1CCCCC1)Nc1cccc(F)c1. The van der Waals surface area contributed by atoms with Gasteiger partial charge in [-0.15, -0.1) is 0 Å². The molecule has 1 aromatic rings. The Morgan fingerprint density at radius 3 is 2.76 bits per heavy atom. The van der Waals surface area contributed by atoms with Crippen LogP contribution < -0.4 is 5.32 Å². The number of benzene rings is 1. The Hall–Kier alpha value is -1.42. The average molecular weight is 236 g/mol. The number of amides is 1. The van der Waals surface area contributed by atoms with E-state index in [1.54, 1.807) is 12.1 Å². The van der Waals surface area contributed by atoms with Gasteiger partial charge in [0.1, 0.15) is 5.82 Å². The highest BCUT2D eigenvalue weighted by Gasteiger charge is 2.13. The molecule has 0 aromatic heterocycles. The summed E-state index contributed by atoms with van der Waals surface area (Å²) in [6.45, 7) is 2.36. The van der Waals surface area contributed by atoms with Gasteiger partial charge in [-0.05, 0) is 44.1 Å². The second-order valence-electron chi connectivity index (χ2n) is 4.40. The van der Waals surface area contributed by atoms with Gasteiger partial charge in [0.2, 0.25) is 5.91 Å². The Morgan fingerprint density at radius 2 is 2.06 bits per heavy atom. The monoisotopic (exact) mass is 236 g/mol. The fraction of sp³-hybridized carbons (Fsp3) is 0.462. The highest BCUT2D eigenvalue weighted by molar-refractivity contribution is 5.92. The van der Waals surface area contributed by atoms with E-state index in [4.69, 9.17) is 0 Å². The number of carbonyl (C=O) groups excluding carboxylic acids is 1. The fourth-order valence-corrected chi connectivity index (χ4v) is 2.09. The van der Waals surface area contributed by atoms with Crippen molar-refractivity contribution >= 4 is 11.6 Å². The number of nitrogens with one attached hydrogen (secondary N) is 1. The number of halogens is 1. The summed E-state index contributed by atoms with van der Waals surface area (Å²) >= 11 is 0. The first-order valence-electron chi connectivity index (χ1n) is 6.02. The lowest BCUT2D eigenvalue weighted by Crippen LogP contribution is -2.36. The first-order chi connectivity index (χ1) is 8.24. The van der Waals surface area contributed by atoms with Gasteiger partial charge in [-0.1, -0.05) is 12.5 Å². The van der Waals surface area contributed by atoms with Gasteiger partial charge in [0.15, 0.2) is 0 Å². The smallest absolute Gasteiger partial charge is 0.238 e. The molecular weight excluding hydrogens is 219 g/mol. The number of piperidine rings is 1. The second kappa shape index (κ2) is 5.77. The van der Waals surface area contributed by atoms with E-state index in [1.807, 2.05) is 0 Å². The lowest BCUT2D eigenvalue weighted by molar-refractivity contribution is -0.117. The van der Waals surface area contributed by atoms with Crippen LogP contribution in [0.25, 0.3) is 0 Å². The molecule has 0 unspecified atom stereocenters. The molecule has 0 saturated carbocycles. The minimum absolute atomic E-state index is 0.0718. The van der Waals surface area contributed by atoms with Gasteiger partial charge in [0.25, 0.3) is 0 Å². The molecule has 1 N–H and O–H groups in total. The van der Waals surface area contributed by atoms with Gasteiger partial charge in [-0.25, -0.2) is 4.39 Å². The molecule has 1 saturated heterocycles. The van der Waals surface area contributed by atoms with Crippen LogP contribution in [0.5, 0.6) is 0 Å². The van der Waals surface area contributed by atoms with Crippen molar-refractivity contribution in [2.75, 3.05) is 25.0 Å². The molecular formula is C13H17FN2O. The van der Waals surface area contributed by atoms with E-state index in [9.17, 15) is 9.18 Å². The van der Waals surface area contributed by atoms with Gasteiger partial charge >= 0.3 is 0 Å². The highest BCUT2D eigenvalue weighted by Crippen LogP contribution is 2.11. The van der Waals surface area contributed by atoms with E-state index in [2.05, 4.69) is 10.2 Å². The molecule has 1 amide bonds. The molecule has 4 heteroatoms. The van der Waals surface area contributed by atoms with Crippen LogP contribution in [0.15, 0.2) is 24.3 Å².